The van der Waals surface area contributed by atoms with Gasteiger partial charge in [0.05, 0.1) is 13.2 Å². The van der Waals surface area contributed by atoms with Gasteiger partial charge >= 0.3 is 0 Å². The van der Waals surface area contributed by atoms with E-state index in [-0.39, 0.29) is 11.1 Å². The van der Waals surface area contributed by atoms with Crippen LogP contribution in [0.1, 0.15) is 34.1 Å². The number of rotatable bonds is 6. The van der Waals surface area contributed by atoms with Crippen LogP contribution in [0.25, 0.3) is 0 Å². The Balaban J connectivity index is 3.46. The molecule has 0 aliphatic carbocycles. The molecular weight excluding hydrogens is 176 g/mol. The number of nitrogens with two attached hydrogens (primary N) is 2. The van der Waals surface area contributed by atoms with Crippen LogP contribution in [0.3, 0.4) is 0 Å². The molecule has 14 heavy (non-hydrogen) atoms. The second kappa shape index (κ2) is 5.49. The zero-order chi connectivity index (χ0) is 11.2. The molecule has 0 heterocycles. The van der Waals surface area contributed by atoms with E-state index in [0.717, 1.165) is 6.42 Å². The van der Waals surface area contributed by atoms with Gasteiger partial charge in [-0.1, -0.05) is 12.2 Å². The van der Waals surface area contributed by atoms with Crippen molar-refractivity contribution >= 4 is 0 Å². The lowest BCUT2D eigenvalue weighted by Crippen LogP contribution is -2.37. The quantitative estimate of drug-likeness (QED) is 0.503. The normalized spacial score (nSPS) is 13.9. The molecule has 0 aromatic carbocycles. The lowest BCUT2D eigenvalue weighted by Gasteiger charge is -2.17. The van der Waals surface area contributed by atoms with Crippen LogP contribution in [0.4, 0.5) is 0 Å². The van der Waals surface area contributed by atoms with E-state index < -0.39 is 0 Å². The lowest BCUT2D eigenvalue weighted by atomic mass is 10.0. The molecule has 84 valence electrons. The fourth-order valence-electron chi connectivity index (χ4n) is 0.845. The predicted octanol–water partition coefficient (Wildman–Crippen LogP) is 1.42. The fraction of sp³-hybridized carbons (Fsp3) is 0.818. The van der Waals surface area contributed by atoms with Gasteiger partial charge in [-0.25, -0.2) is 0 Å². The summed E-state index contributed by atoms with van der Waals surface area (Å²) < 4.78 is 5.36. The van der Waals surface area contributed by atoms with E-state index in [4.69, 9.17) is 16.2 Å². The SMILES string of the molecule is CC(C)(N)CC=CCOCC(C)(C)N. The van der Waals surface area contributed by atoms with Gasteiger partial charge in [-0.2, -0.15) is 0 Å². The van der Waals surface area contributed by atoms with E-state index in [1.54, 1.807) is 0 Å². The lowest BCUT2D eigenvalue weighted by molar-refractivity contribution is 0.120. The molecule has 4 N–H and O–H groups in total. The van der Waals surface area contributed by atoms with E-state index in [1.165, 1.54) is 0 Å². The molecule has 0 spiro atoms. The van der Waals surface area contributed by atoms with E-state index >= 15 is 0 Å². The van der Waals surface area contributed by atoms with Crippen molar-refractivity contribution < 1.29 is 4.74 Å². The van der Waals surface area contributed by atoms with Gasteiger partial charge in [-0.3, -0.25) is 0 Å². The molecule has 0 amide bonds. The summed E-state index contributed by atoms with van der Waals surface area (Å²) in [6.07, 6.45) is 4.90. The summed E-state index contributed by atoms with van der Waals surface area (Å²) in [6.45, 7) is 9.07. The summed E-state index contributed by atoms with van der Waals surface area (Å²) in [4.78, 5) is 0. The molecule has 0 saturated heterocycles. The molecule has 0 unspecified atom stereocenters. The molecule has 0 radical (unpaired) electrons. The molecule has 3 heteroatoms. The van der Waals surface area contributed by atoms with Gasteiger partial charge in [-0.05, 0) is 34.1 Å². The van der Waals surface area contributed by atoms with Gasteiger partial charge in [0.15, 0.2) is 0 Å². The average Bonchev–Trinajstić information content (AvgIpc) is 1.92. The third-order valence-corrected chi connectivity index (χ3v) is 1.50. The van der Waals surface area contributed by atoms with E-state index in [1.807, 2.05) is 39.8 Å². The molecule has 0 aromatic heterocycles. The second-order valence-electron chi connectivity index (χ2n) is 5.17. The van der Waals surface area contributed by atoms with Crippen LogP contribution in [0.2, 0.25) is 0 Å². The molecule has 0 saturated carbocycles. The summed E-state index contributed by atoms with van der Waals surface area (Å²) in [5.41, 5.74) is 11.2. The Hall–Kier alpha value is -0.380. The van der Waals surface area contributed by atoms with Gasteiger partial charge in [0.25, 0.3) is 0 Å². The van der Waals surface area contributed by atoms with E-state index in [9.17, 15) is 0 Å². The summed E-state index contributed by atoms with van der Waals surface area (Å²) in [7, 11) is 0. The Morgan fingerprint density at radius 2 is 1.57 bits per heavy atom. The van der Waals surface area contributed by atoms with Crippen LogP contribution >= 0.6 is 0 Å². The van der Waals surface area contributed by atoms with Crippen molar-refractivity contribution in [3.8, 4) is 0 Å². The Morgan fingerprint density at radius 1 is 1.00 bits per heavy atom. The maximum atomic E-state index is 5.81. The minimum absolute atomic E-state index is 0.135. The monoisotopic (exact) mass is 200 g/mol. The standard InChI is InChI=1S/C11H24N2O/c1-10(2,12)7-5-6-8-14-9-11(3,4)13/h5-6H,7-9,12-13H2,1-4H3. The largest absolute Gasteiger partial charge is 0.376 e. The zero-order valence-corrected chi connectivity index (χ0v) is 9.84. The third-order valence-electron chi connectivity index (χ3n) is 1.50. The Labute approximate surface area is 87.5 Å². The molecule has 3 nitrogen and oxygen atoms in total. The Bertz CT molecular complexity index is 175. The predicted molar refractivity (Wildman–Crippen MR) is 61.1 cm³/mol. The van der Waals surface area contributed by atoms with Crippen molar-refractivity contribution in [2.24, 2.45) is 11.5 Å². The highest BCUT2D eigenvalue weighted by Crippen LogP contribution is 2.04. The first-order valence-electron chi connectivity index (χ1n) is 5.01. The summed E-state index contributed by atoms with van der Waals surface area (Å²) in [6, 6.07) is 0. The van der Waals surface area contributed by atoms with Crippen molar-refractivity contribution in [1.29, 1.82) is 0 Å². The summed E-state index contributed by atoms with van der Waals surface area (Å²) in [5, 5.41) is 0. The fourth-order valence-corrected chi connectivity index (χ4v) is 0.845. The molecule has 0 atom stereocenters. The van der Waals surface area contributed by atoms with Crippen molar-refractivity contribution in [3.05, 3.63) is 12.2 Å². The van der Waals surface area contributed by atoms with Crippen LogP contribution in [-0.4, -0.2) is 24.3 Å². The average molecular weight is 200 g/mol. The molecule has 0 aliphatic rings. The van der Waals surface area contributed by atoms with E-state index in [2.05, 4.69) is 0 Å². The molecule has 0 bridgehead atoms. The van der Waals surface area contributed by atoms with Crippen molar-refractivity contribution in [2.45, 2.75) is 45.2 Å². The highest BCUT2D eigenvalue weighted by Gasteiger charge is 2.09. The van der Waals surface area contributed by atoms with Gasteiger partial charge in [-0.15, -0.1) is 0 Å². The van der Waals surface area contributed by atoms with Crippen molar-refractivity contribution in [3.63, 3.8) is 0 Å². The third kappa shape index (κ3) is 11.6. The minimum atomic E-state index is -0.249. The van der Waals surface area contributed by atoms with Crippen LogP contribution < -0.4 is 11.5 Å². The number of hydrogen-bond donors (Lipinski definition) is 2. The zero-order valence-electron chi connectivity index (χ0n) is 9.84. The van der Waals surface area contributed by atoms with Crippen LogP contribution in [0.15, 0.2) is 12.2 Å². The molecule has 0 fully saturated rings. The maximum Gasteiger partial charge on any atom is 0.0648 e. The highest BCUT2D eigenvalue weighted by atomic mass is 16.5. The molecule has 0 aliphatic heterocycles. The summed E-state index contributed by atoms with van der Waals surface area (Å²) >= 11 is 0. The smallest absolute Gasteiger partial charge is 0.0648 e. The maximum absolute atomic E-state index is 5.81. The first-order valence-corrected chi connectivity index (χ1v) is 5.01. The molecule has 0 aromatic rings. The van der Waals surface area contributed by atoms with Crippen LogP contribution in [0, 0.1) is 0 Å². The van der Waals surface area contributed by atoms with Gasteiger partial charge in [0.1, 0.15) is 0 Å². The van der Waals surface area contributed by atoms with Gasteiger partial charge in [0.2, 0.25) is 0 Å². The minimum Gasteiger partial charge on any atom is -0.376 e. The van der Waals surface area contributed by atoms with Crippen LogP contribution in [-0.2, 0) is 4.74 Å². The number of ether oxygens (including phenoxy) is 1. The van der Waals surface area contributed by atoms with Crippen LogP contribution in [0.5, 0.6) is 0 Å². The topological polar surface area (TPSA) is 61.3 Å². The molecular formula is C11H24N2O. The van der Waals surface area contributed by atoms with Gasteiger partial charge < -0.3 is 16.2 Å². The van der Waals surface area contributed by atoms with Gasteiger partial charge in [0, 0.05) is 11.1 Å². The second-order valence-corrected chi connectivity index (χ2v) is 5.17. The Morgan fingerprint density at radius 3 is 2.00 bits per heavy atom. The first-order chi connectivity index (χ1) is 6.21. The highest BCUT2D eigenvalue weighted by molar-refractivity contribution is 4.89. The molecule has 0 rings (SSSR count). The number of hydrogen-bond acceptors (Lipinski definition) is 3. The summed E-state index contributed by atoms with van der Waals surface area (Å²) in [5.74, 6) is 0. The van der Waals surface area contributed by atoms with E-state index in [0.29, 0.717) is 13.2 Å². The van der Waals surface area contributed by atoms with Crippen molar-refractivity contribution in [1.82, 2.24) is 0 Å². The van der Waals surface area contributed by atoms with Crippen molar-refractivity contribution in [2.75, 3.05) is 13.2 Å². The Kier molecular flexibility index (Phi) is 5.34. The first kappa shape index (κ1) is 13.6.